The van der Waals surface area contributed by atoms with Crippen molar-refractivity contribution in [3.63, 3.8) is 0 Å². The molecule has 0 amide bonds. The number of unbranched alkanes of at least 4 members (excludes halogenated alkanes) is 18. The Balaban J connectivity index is 1.00. The second-order valence-corrected chi connectivity index (χ2v) is 19.5. The lowest BCUT2D eigenvalue weighted by molar-refractivity contribution is 0.557. The molecule has 0 fully saturated rings. The van der Waals surface area contributed by atoms with Crippen LogP contribution in [0, 0.1) is 9.28 Å². The van der Waals surface area contributed by atoms with Gasteiger partial charge in [0, 0.05) is 31.3 Å². The third kappa shape index (κ3) is 7.51. The van der Waals surface area contributed by atoms with E-state index in [-0.39, 0.29) is 0 Å². The number of nitrogens with zero attached hydrogens (tertiary/aromatic N) is 4. The van der Waals surface area contributed by atoms with E-state index in [1.54, 1.807) is 0 Å². The fourth-order valence-electron chi connectivity index (χ4n) is 8.57. The summed E-state index contributed by atoms with van der Waals surface area (Å²) in [5, 5.41) is 4.66. The zero-order valence-electron chi connectivity index (χ0n) is 31.7. The van der Waals surface area contributed by atoms with Gasteiger partial charge in [0.15, 0.2) is 11.3 Å². The molecule has 0 saturated heterocycles. The van der Waals surface area contributed by atoms with Gasteiger partial charge in [0.2, 0.25) is 0 Å². The van der Waals surface area contributed by atoms with Gasteiger partial charge in [-0.15, -0.1) is 34.0 Å². The number of aryl methyl sites for hydroxylation is 2. The lowest BCUT2D eigenvalue weighted by atomic mass is 10.0. The minimum absolute atomic E-state index is 0.853. The number of thiophene rings is 3. The number of benzene rings is 1. The van der Waals surface area contributed by atoms with E-state index in [0.29, 0.717) is 0 Å². The quantitative estimate of drug-likeness (QED) is 0.0389. The molecule has 7 aromatic heterocycles. The largest absolute Gasteiger partial charge is 0.280 e. The van der Waals surface area contributed by atoms with Crippen molar-refractivity contribution in [3.05, 3.63) is 43.3 Å². The predicted molar refractivity (Wildman–Crippen MR) is 240 cm³/mol. The van der Waals surface area contributed by atoms with Crippen LogP contribution >= 0.6 is 58.4 Å². The first kappa shape index (κ1) is 37.6. The molecule has 8 rings (SSSR count). The number of hydrogen-bond acceptors (Lipinski definition) is 7. The predicted octanol–water partition coefficient (Wildman–Crippen LogP) is 16.2. The molecule has 0 radical (unpaired) electrons. The number of rotatable bonds is 22. The Morgan fingerprint density at radius 3 is 1.23 bits per heavy atom. The summed E-state index contributed by atoms with van der Waals surface area (Å²) < 4.78 is 8.61. The van der Waals surface area contributed by atoms with Crippen LogP contribution in [-0.4, -0.2) is 18.8 Å². The maximum absolute atomic E-state index is 6.25. The molecule has 8 aromatic rings. The summed E-state index contributed by atoms with van der Waals surface area (Å²) >= 11 is 18.0. The summed E-state index contributed by atoms with van der Waals surface area (Å²) in [5.74, 6) is 0. The maximum Gasteiger partial charge on any atom is 0.158 e. The van der Waals surface area contributed by atoms with Crippen molar-refractivity contribution in [1.29, 1.82) is 0 Å². The van der Waals surface area contributed by atoms with E-state index in [9.17, 15) is 0 Å². The van der Waals surface area contributed by atoms with Gasteiger partial charge in [-0.25, -0.2) is 9.97 Å². The Labute approximate surface area is 336 Å². The SMILES string of the molecule is CCCCCCCCCCCCc1cc2c(nc3c4sc5c6c(ccc(c(=S)n23)c46)c(=S)n2c3cc(CCCCCCCCCCCC)sc3nc52)s1. The summed E-state index contributed by atoms with van der Waals surface area (Å²) in [5.41, 5.74) is 4.30. The Morgan fingerprint density at radius 2 is 0.849 bits per heavy atom. The molecule has 7 heterocycles. The summed E-state index contributed by atoms with van der Waals surface area (Å²) in [4.78, 5) is 15.6. The van der Waals surface area contributed by atoms with Crippen LogP contribution in [0.2, 0.25) is 0 Å². The number of imidazole rings is 2. The molecule has 9 heteroatoms. The first-order chi connectivity index (χ1) is 26.1. The van der Waals surface area contributed by atoms with Gasteiger partial charge in [0.05, 0.1) is 20.4 Å². The normalized spacial score (nSPS) is 12.6. The van der Waals surface area contributed by atoms with Crippen LogP contribution in [0.1, 0.15) is 152 Å². The molecule has 0 aliphatic heterocycles. The van der Waals surface area contributed by atoms with E-state index in [0.717, 1.165) is 64.9 Å². The van der Waals surface area contributed by atoms with Gasteiger partial charge >= 0.3 is 0 Å². The Bertz CT molecular complexity index is 2390. The first-order valence-corrected chi connectivity index (χ1v) is 24.1. The van der Waals surface area contributed by atoms with Gasteiger partial charge in [-0.2, -0.15) is 0 Å². The average Bonchev–Trinajstić information content (AvgIpc) is 3.97. The zero-order chi connectivity index (χ0) is 36.3. The molecular formula is C44H54N4S5. The molecule has 0 N–H and O–H groups in total. The van der Waals surface area contributed by atoms with Crippen LogP contribution in [0.3, 0.4) is 0 Å². The van der Waals surface area contributed by atoms with Gasteiger partial charge in [-0.3, -0.25) is 8.80 Å². The van der Waals surface area contributed by atoms with Crippen LogP contribution in [0.15, 0.2) is 24.3 Å². The monoisotopic (exact) mass is 798 g/mol. The molecule has 0 atom stereocenters. The van der Waals surface area contributed by atoms with Crippen LogP contribution in [0.25, 0.3) is 62.9 Å². The summed E-state index contributed by atoms with van der Waals surface area (Å²) in [6.45, 7) is 4.58. The highest BCUT2D eigenvalue weighted by molar-refractivity contribution is 7.72. The van der Waals surface area contributed by atoms with Crippen molar-refractivity contribution in [1.82, 2.24) is 18.8 Å². The Morgan fingerprint density at radius 1 is 0.491 bits per heavy atom. The molecule has 0 unspecified atom stereocenters. The van der Waals surface area contributed by atoms with Crippen molar-refractivity contribution < 1.29 is 0 Å². The molecule has 0 aliphatic carbocycles. The van der Waals surface area contributed by atoms with Gasteiger partial charge in [0.1, 0.15) is 18.9 Å². The van der Waals surface area contributed by atoms with Gasteiger partial charge in [-0.1, -0.05) is 166 Å². The van der Waals surface area contributed by atoms with Crippen molar-refractivity contribution in [2.45, 2.75) is 155 Å². The van der Waals surface area contributed by atoms with Crippen LogP contribution in [-0.2, 0) is 12.8 Å². The van der Waals surface area contributed by atoms with Crippen molar-refractivity contribution in [2.75, 3.05) is 0 Å². The van der Waals surface area contributed by atoms with Crippen LogP contribution in [0.5, 0.6) is 0 Å². The molecule has 280 valence electrons. The fourth-order valence-corrected chi connectivity index (χ4v) is 12.7. The number of aromatic nitrogens is 4. The number of pyridine rings is 2. The van der Waals surface area contributed by atoms with Crippen molar-refractivity contribution in [3.8, 4) is 0 Å². The molecule has 4 nitrogen and oxygen atoms in total. The Kier molecular flexibility index (Phi) is 12.2. The lowest BCUT2D eigenvalue weighted by Gasteiger charge is -2.06. The standard InChI is InChI=1S/C44H54N4S5/c1-3-5-7-9-11-13-15-17-19-21-23-29-27-33-41(51-29)45-39-37-35-31(43(49)47(33)39)25-26-32-36(35)38(53-37)40-46-42-34(48(40)44(32)50)28-30(52-42)24-22-20-18-16-14-12-10-8-6-4-2/h25-28H,3-24H2,1-2H3. The average molecular weight is 799 g/mol. The third-order valence-electron chi connectivity index (χ3n) is 11.5. The molecular weight excluding hydrogens is 745 g/mol. The third-order valence-corrected chi connectivity index (χ3v) is 15.6. The molecule has 0 bridgehead atoms. The topological polar surface area (TPSA) is 34.6 Å². The zero-order valence-corrected chi connectivity index (χ0v) is 35.8. The summed E-state index contributed by atoms with van der Waals surface area (Å²) in [6, 6.07) is 9.15. The maximum atomic E-state index is 6.25. The van der Waals surface area contributed by atoms with E-state index < -0.39 is 0 Å². The van der Waals surface area contributed by atoms with Crippen LogP contribution < -0.4 is 0 Å². The van der Waals surface area contributed by atoms with E-state index >= 15 is 0 Å². The second kappa shape index (κ2) is 17.2. The molecule has 53 heavy (non-hydrogen) atoms. The minimum atomic E-state index is 0.853. The first-order valence-electron chi connectivity index (χ1n) is 20.8. The highest BCUT2D eigenvalue weighted by atomic mass is 32.1. The molecule has 0 aliphatic rings. The highest BCUT2D eigenvalue weighted by Gasteiger charge is 2.24. The number of hydrogen-bond donors (Lipinski definition) is 0. The van der Waals surface area contributed by atoms with E-state index in [4.69, 9.17) is 34.4 Å². The summed E-state index contributed by atoms with van der Waals surface area (Å²) in [6.07, 6.45) is 29.6. The van der Waals surface area contributed by atoms with Gasteiger partial charge in [0.25, 0.3) is 0 Å². The minimum Gasteiger partial charge on any atom is -0.280 e. The van der Waals surface area contributed by atoms with Gasteiger partial charge < -0.3 is 0 Å². The lowest BCUT2D eigenvalue weighted by Crippen LogP contribution is -1.92. The summed E-state index contributed by atoms with van der Waals surface area (Å²) in [7, 11) is 0. The smallest absolute Gasteiger partial charge is 0.158 e. The number of fused-ring (bicyclic) bond motifs is 8. The fraction of sp³-hybridized carbons (Fsp3) is 0.545. The van der Waals surface area contributed by atoms with E-state index in [1.807, 2.05) is 34.0 Å². The molecule has 1 aromatic carbocycles. The van der Waals surface area contributed by atoms with Gasteiger partial charge in [-0.05, 0) is 37.8 Å². The molecule has 0 spiro atoms. The highest BCUT2D eigenvalue weighted by Crippen LogP contribution is 2.47. The van der Waals surface area contributed by atoms with Crippen LogP contribution in [0.4, 0.5) is 0 Å². The van der Waals surface area contributed by atoms with Crippen molar-refractivity contribution >= 4 is 121 Å². The van der Waals surface area contributed by atoms with E-state index in [1.165, 1.54) is 158 Å². The van der Waals surface area contributed by atoms with Crippen molar-refractivity contribution in [2.24, 2.45) is 0 Å². The molecule has 0 saturated carbocycles. The Hall–Kier alpha value is -2.30. The van der Waals surface area contributed by atoms with E-state index in [2.05, 4.69) is 46.9 Å². The second-order valence-electron chi connectivity index (χ2n) is 15.5.